The molecule has 1 saturated carbocycles. The average molecular weight is 252 g/mol. The highest BCUT2D eigenvalue weighted by Gasteiger charge is 2.34. The van der Waals surface area contributed by atoms with Gasteiger partial charge in [-0.15, -0.1) is 0 Å². The number of nitrogens with two attached hydrogens (primary N) is 1. The maximum absolute atomic E-state index is 6.51. The number of hydrogen-bond donors (Lipinski definition) is 1. The van der Waals surface area contributed by atoms with E-state index in [0.717, 1.165) is 11.6 Å². The molecule has 0 saturated heterocycles. The second-order valence-electron chi connectivity index (χ2n) is 5.49. The van der Waals surface area contributed by atoms with Crippen LogP contribution < -0.4 is 5.73 Å². The molecule has 0 amide bonds. The van der Waals surface area contributed by atoms with Crippen molar-refractivity contribution in [1.82, 2.24) is 0 Å². The van der Waals surface area contributed by atoms with Gasteiger partial charge in [0.2, 0.25) is 0 Å². The van der Waals surface area contributed by atoms with Gasteiger partial charge in [-0.05, 0) is 37.8 Å². The van der Waals surface area contributed by atoms with E-state index < -0.39 is 0 Å². The van der Waals surface area contributed by atoms with Crippen LogP contribution in [0.1, 0.15) is 48.8 Å². The van der Waals surface area contributed by atoms with Gasteiger partial charge in [-0.2, -0.15) is 0 Å². The van der Waals surface area contributed by atoms with E-state index in [2.05, 4.69) is 26.0 Å². The lowest BCUT2D eigenvalue weighted by atomic mass is 9.69. The van der Waals surface area contributed by atoms with Gasteiger partial charge >= 0.3 is 0 Å². The molecular formula is C15H22ClN. The highest BCUT2D eigenvalue weighted by molar-refractivity contribution is 6.32. The van der Waals surface area contributed by atoms with E-state index in [1.807, 2.05) is 0 Å². The predicted octanol–water partition coefficient (Wildman–Crippen LogP) is 4.12. The van der Waals surface area contributed by atoms with Crippen molar-refractivity contribution in [2.24, 2.45) is 5.73 Å². The van der Waals surface area contributed by atoms with Crippen molar-refractivity contribution in [1.29, 1.82) is 0 Å². The predicted molar refractivity (Wildman–Crippen MR) is 74.7 cm³/mol. The van der Waals surface area contributed by atoms with Crippen LogP contribution in [0.15, 0.2) is 12.1 Å². The summed E-state index contributed by atoms with van der Waals surface area (Å²) in [7, 11) is 0. The van der Waals surface area contributed by atoms with Gasteiger partial charge in [0.15, 0.2) is 0 Å². The van der Waals surface area contributed by atoms with E-state index in [1.165, 1.54) is 48.8 Å². The molecule has 0 spiro atoms. The van der Waals surface area contributed by atoms with Crippen LogP contribution in [0.2, 0.25) is 5.02 Å². The topological polar surface area (TPSA) is 26.0 Å². The molecule has 0 aliphatic heterocycles. The molecule has 0 radical (unpaired) electrons. The van der Waals surface area contributed by atoms with Crippen molar-refractivity contribution in [3.8, 4) is 0 Å². The summed E-state index contributed by atoms with van der Waals surface area (Å²) in [6, 6.07) is 4.40. The van der Waals surface area contributed by atoms with Gasteiger partial charge in [-0.3, -0.25) is 0 Å². The molecule has 1 aromatic rings. The summed E-state index contributed by atoms with van der Waals surface area (Å²) in [5.41, 5.74) is 9.97. The van der Waals surface area contributed by atoms with E-state index in [4.69, 9.17) is 17.3 Å². The average Bonchev–Trinajstić information content (AvgIpc) is 2.34. The Hall–Kier alpha value is -0.530. The first-order chi connectivity index (χ1) is 8.09. The summed E-state index contributed by atoms with van der Waals surface area (Å²) >= 11 is 6.51. The minimum atomic E-state index is 0.131. The summed E-state index contributed by atoms with van der Waals surface area (Å²) in [5.74, 6) is 0. The summed E-state index contributed by atoms with van der Waals surface area (Å²) in [4.78, 5) is 0. The van der Waals surface area contributed by atoms with Crippen LogP contribution in [0.4, 0.5) is 0 Å². The van der Waals surface area contributed by atoms with Crippen molar-refractivity contribution >= 4 is 11.6 Å². The normalized spacial score (nSPS) is 19.3. The van der Waals surface area contributed by atoms with Crippen molar-refractivity contribution < 1.29 is 0 Å². The summed E-state index contributed by atoms with van der Waals surface area (Å²) in [6.07, 6.45) is 6.27. The molecule has 1 nitrogen and oxygen atoms in total. The Morgan fingerprint density at radius 2 is 1.82 bits per heavy atom. The molecule has 1 aliphatic carbocycles. The highest BCUT2D eigenvalue weighted by atomic mass is 35.5. The Kier molecular flexibility index (Phi) is 3.79. The monoisotopic (exact) mass is 251 g/mol. The zero-order valence-corrected chi connectivity index (χ0v) is 11.6. The first-order valence-corrected chi connectivity index (χ1v) is 6.94. The standard InChI is InChI=1S/C15H22ClN/c1-11-8-12(2)14(16)13(9-11)15(10-17)6-4-3-5-7-15/h8-9H,3-7,10,17H2,1-2H3. The van der Waals surface area contributed by atoms with Crippen LogP contribution in [-0.2, 0) is 5.41 Å². The van der Waals surface area contributed by atoms with E-state index in [1.54, 1.807) is 0 Å². The number of aryl methyl sites for hydroxylation is 2. The van der Waals surface area contributed by atoms with Gasteiger partial charge in [0.25, 0.3) is 0 Å². The molecule has 2 rings (SSSR count). The maximum Gasteiger partial charge on any atom is 0.0473 e. The Bertz CT molecular complexity index is 406. The summed E-state index contributed by atoms with van der Waals surface area (Å²) in [6.45, 7) is 4.95. The van der Waals surface area contributed by atoms with E-state index in [0.29, 0.717) is 0 Å². The lowest BCUT2D eigenvalue weighted by molar-refractivity contribution is 0.300. The molecule has 0 aromatic heterocycles. The zero-order chi connectivity index (χ0) is 12.5. The molecule has 1 aliphatic rings. The third kappa shape index (κ3) is 2.36. The second-order valence-corrected chi connectivity index (χ2v) is 5.87. The largest absolute Gasteiger partial charge is 0.330 e. The van der Waals surface area contributed by atoms with Crippen LogP contribution in [0.5, 0.6) is 0 Å². The lowest BCUT2D eigenvalue weighted by Gasteiger charge is -2.38. The fourth-order valence-corrected chi connectivity index (χ4v) is 3.46. The maximum atomic E-state index is 6.51. The minimum Gasteiger partial charge on any atom is -0.330 e. The SMILES string of the molecule is Cc1cc(C)c(Cl)c(C2(CN)CCCCC2)c1. The van der Waals surface area contributed by atoms with Crippen LogP contribution in [0.3, 0.4) is 0 Å². The van der Waals surface area contributed by atoms with Crippen LogP contribution >= 0.6 is 11.6 Å². The van der Waals surface area contributed by atoms with Crippen molar-refractivity contribution in [3.05, 3.63) is 33.8 Å². The van der Waals surface area contributed by atoms with Crippen molar-refractivity contribution in [3.63, 3.8) is 0 Å². The zero-order valence-electron chi connectivity index (χ0n) is 10.9. The van der Waals surface area contributed by atoms with E-state index >= 15 is 0 Å². The molecule has 0 bridgehead atoms. The molecule has 0 heterocycles. The molecular weight excluding hydrogens is 230 g/mol. The number of hydrogen-bond acceptors (Lipinski definition) is 1. The van der Waals surface area contributed by atoms with Gasteiger partial charge < -0.3 is 5.73 Å². The van der Waals surface area contributed by atoms with Gasteiger partial charge in [-0.25, -0.2) is 0 Å². The molecule has 0 atom stereocenters. The Morgan fingerprint density at radius 1 is 1.18 bits per heavy atom. The third-order valence-electron chi connectivity index (χ3n) is 4.17. The summed E-state index contributed by atoms with van der Waals surface area (Å²) < 4.78 is 0. The molecule has 1 fully saturated rings. The quantitative estimate of drug-likeness (QED) is 0.841. The van der Waals surface area contributed by atoms with Crippen LogP contribution in [0, 0.1) is 13.8 Å². The first-order valence-electron chi connectivity index (χ1n) is 6.56. The van der Waals surface area contributed by atoms with Gasteiger partial charge in [-0.1, -0.05) is 48.6 Å². The van der Waals surface area contributed by atoms with E-state index in [9.17, 15) is 0 Å². The number of halogens is 1. The van der Waals surface area contributed by atoms with Crippen LogP contribution in [0.25, 0.3) is 0 Å². The molecule has 0 unspecified atom stereocenters. The van der Waals surface area contributed by atoms with Gasteiger partial charge in [0.05, 0.1) is 0 Å². The Labute approximate surface area is 109 Å². The number of rotatable bonds is 2. The van der Waals surface area contributed by atoms with Crippen LogP contribution in [-0.4, -0.2) is 6.54 Å². The molecule has 2 heteroatoms. The van der Waals surface area contributed by atoms with Crippen molar-refractivity contribution in [2.75, 3.05) is 6.54 Å². The fraction of sp³-hybridized carbons (Fsp3) is 0.600. The molecule has 94 valence electrons. The Balaban J connectivity index is 2.49. The summed E-state index contributed by atoms with van der Waals surface area (Å²) in [5, 5.41) is 0.933. The second kappa shape index (κ2) is 4.99. The fourth-order valence-electron chi connectivity index (χ4n) is 3.15. The van der Waals surface area contributed by atoms with E-state index in [-0.39, 0.29) is 5.41 Å². The van der Waals surface area contributed by atoms with Gasteiger partial charge in [0.1, 0.15) is 0 Å². The minimum absolute atomic E-state index is 0.131. The first kappa shape index (κ1) is 12.9. The van der Waals surface area contributed by atoms with Crippen molar-refractivity contribution in [2.45, 2.75) is 51.4 Å². The molecule has 1 aromatic carbocycles. The highest BCUT2D eigenvalue weighted by Crippen LogP contribution is 2.42. The number of benzene rings is 1. The molecule has 2 N–H and O–H groups in total. The Morgan fingerprint density at radius 3 is 2.41 bits per heavy atom. The lowest BCUT2D eigenvalue weighted by Crippen LogP contribution is -2.37. The third-order valence-corrected chi connectivity index (χ3v) is 4.67. The van der Waals surface area contributed by atoms with Gasteiger partial charge in [0, 0.05) is 17.0 Å². The molecule has 17 heavy (non-hydrogen) atoms. The smallest absolute Gasteiger partial charge is 0.0473 e.